The monoisotopic (exact) mass is 358 g/mol. The zero-order valence-electron chi connectivity index (χ0n) is 15.6. The normalized spacial score (nSPS) is 23.3. The molecule has 2 saturated heterocycles. The fraction of sp³-hybridized carbons (Fsp3) is 0.526. The molecule has 7 heteroatoms. The second-order valence-electron chi connectivity index (χ2n) is 7.62. The molecule has 0 aliphatic carbocycles. The van der Waals surface area contributed by atoms with Crippen molar-refractivity contribution in [3.63, 3.8) is 0 Å². The average molecular weight is 358 g/mol. The van der Waals surface area contributed by atoms with E-state index in [-0.39, 0.29) is 17.8 Å². The van der Waals surface area contributed by atoms with Crippen LogP contribution in [0.15, 0.2) is 30.3 Å². The van der Waals surface area contributed by atoms with Crippen molar-refractivity contribution in [2.75, 3.05) is 53.9 Å². The van der Waals surface area contributed by atoms with Gasteiger partial charge in [0, 0.05) is 71.3 Å². The summed E-state index contributed by atoms with van der Waals surface area (Å²) in [6, 6.07) is 9.08. The average Bonchev–Trinajstić information content (AvgIpc) is 2.79. The third-order valence-electron chi connectivity index (χ3n) is 5.18. The third kappa shape index (κ3) is 3.52. The molecule has 7 nitrogen and oxygen atoms in total. The zero-order chi connectivity index (χ0) is 18.9. The number of benzene rings is 1. The smallest absolute Gasteiger partial charge is 0.319 e. The molecule has 2 heterocycles. The van der Waals surface area contributed by atoms with E-state index in [4.69, 9.17) is 0 Å². The van der Waals surface area contributed by atoms with Crippen molar-refractivity contribution in [1.82, 2.24) is 19.6 Å². The van der Waals surface area contributed by atoms with Crippen LogP contribution in [0.3, 0.4) is 0 Å². The largest absolute Gasteiger partial charge is 0.345 e. The molecular formula is C19H26N4O3. The summed E-state index contributed by atoms with van der Waals surface area (Å²) in [5, 5.41) is 0. The van der Waals surface area contributed by atoms with Crippen LogP contribution in [0, 0.1) is 5.41 Å². The number of carbonyl (C=O) groups excluding carboxylic acids is 3. The van der Waals surface area contributed by atoms with Crippen LogP contribution in [0.1, 0.15) is 16.8 Å². The first-order valence-electron chi connectivity index (χ1n) is 8.86. The zero-order valence-corrected chi connectivity index (χ0v) is 15.6. The van der Waals surface area contributed by atoms with Gasteiger partial charge in [0.25, 0.3) is 5.91 Å². The Bertz CT molecular complexity index is 706. The highest BCUT2D eigenvalue weighted by molar-refractivity contribution is 5.94. The molecule has 0 N–H and O–H groups in total. The number of hydrogen-bond acceptors (Lipinski definition) is 3. The van der Waals surface area contributed by atoms with E-state index in [1.54, 1.807) is 52.9 Å². The standard InChI is InChI=1S/C19H26N4O3/c1-20(2)18(26)23-10-9-22(17(25)15-7-5-4-6-8-15)13-19(14-23)11-16(24)21(3)12-19/h4-8H,9-14H2,1-3H3. The number of carbonyl (C=O) groups is 3. The van der Waals surface area contributed by atoms with Gasteiger partial charge < -0.3 is 19.6 Å². The Morgan fingerprint density at radius 2 is 1.62 bits per heavy atom. The molecule has 4 amide bonds. The number of nitrogens with zero attached hydrogens (tertiary/aromatic N) is 4. The Morgan fingerprint density at radius 1 is 1.00 bits per heavy atom. The van der Waals surface area contributed by atoms with Crippen LogP contribution in [-0.2, 0) is 4.79 Å². The lowest BCUT2D eigenvalue weighted by atomic mass is 9.86. The van der Waals surface area contributed by atoms with Crippen LogP contribution >= 0.6 is 0 Å². The highest BCUT2D eigenvalue weighted by Gasteiger charge is 2.47. The number of hydrogen-bond donors (Lipinski definition) is 0. The summed E-state index contributed by atoms with van der Waals surface area (Å²) >= 11 is 0. The first-order chi connectivity index (χ1) is 12.3. The quantitative estimate of drug-likeness (QED) is 0.752. The Hall–Kier alpha value is -2.57. The van der Waals surface area contributed by atoms with E-state index in [2.05, 4.69) is 0 Å². The van der Waals surface area contributed by atoms with Gasteiger partial charge in [-0.1, -0.05) is 18.2 Å². The summed E-state index contributed by atoms with van der Waals surface area (Å²) in [6.07, 6.45) is 0.360. The SMILES string of the molecule is CN(C)C(=O)N1CCN(C(=O)c2ccccc2)CC2(CC(=O)N(C)C2)C1. The summed E-state index contributed by atoms with van der Waals surface area (Å²) in [7, 11) is 5.22. The Morgan fingerprint density at radius 3 is 2.19 bits per heavy atom. The Balaban J connectivity index is 1.88. The van der Waals surface area contributed by atoms with Gasteiger partial charge in [0.2, 0.25) is 5.91 Å². The van der Waals surface area contributed by atoms with Gasteiger partial charge in [0.05, 0.1) is 0 Å². The van der Waals surface area contributed by atoms with E-state index in [1.807, 2.05) is 18.2 Å². The van der Waals surface area contributed by atoms with E-state index in [0.717, 1.165) is 0 Å². The van der Waals surface area contributed by atoms with E-state index < -0.39 is 5.41 Å². The van der Waals surface area contributed by atoms with E-state index >= 15 is 0 Å². The maximum absolute atomic E-state index is 13.0. The minimum atomic E-state index is -0.418. The molecule has 26 heavy (non-hydrogen) atoms. The molecular weight excluding hydrogens is 332 g/mol. The predicted molar refractivity (Wildman–Crippen MR) is 97.7 cm³/mol. The van der Waals surface area contributed by atoms with Gasteiger partial charge in [-0.15, -0.1) is 0 Å². The molecule has 3 rings (SSSR count). The molecule has 2 aliphatic rings. The fourth-order valence-electron chi connectivity index (χ4n) is 3.96. The fourth-order valence-corrected chi connectivity index (χ4v) is 3.96. The molecule has 1 aromatic carbocycles. The Kier molecular flexibility index (Phi) is 4.89. The summed E-state index contributed by atoms with van der Waals surface area (Å²) in [6.45, 7) is 2.45. The molecule has 1 unspecified atom stereocenters. The highest BCUT2D eigenvalue weighted by atomic mass is 16.2. The van der Waals surface area contributed by atoms with Crippen LogP contribution in [0.4, 0.5) is 4.79 Å². The van der Waals surface area contributed by atoms with Crippen LogP contribution in [0.25, 0.3) is 0 Å². The first kappa shape index (κ1) is 18.2. The van der Waals surface area contributed by atoms with Crippen molar-refractivity contribution < 1.29 is 14.4 Å². The van der Waals surface area contributed by atoms with Gasteiger partial charge in [0.15, 0.2) is 0 Å². The van der Waals surface area contributed by atoms with E-state index in [9.17, 15) is 14.4 Å². The number of urea groups is 1. The minimum absolute atomic E-state index is 0.0499. The first-order valence-corrected chi connectivity index (χ1v) is 8.86. The third-order valence-corrected chi connectivity index (χ3v) is 5.18. The molecule has 2 aliphatic heterocycles. The minimum Gasteiger partial charge on any atom is -0.345 e. The van der Waals surface area contributed by atoms with Crippen LogP contribution in [-0.4, -0.2) is 91.3 Å². The summed E-state index contributed by atoms with van der Waals surface area (Å²) in [5.74, 6) is 0.0161. The Labute approximate surface area is 154 Å². The molecule has 0 aromatic heterocycles. The second-order valence-corrected chi connectivity index (χ2v) is 7.62. The molecule has 1 spiro atoms. The van der Waals surface area contributed by atoms with Gasteiger partial charge in [-0.2, -0.15) is 0 Å². The summed E-state index contributed by atoms with van der Waals surface area (Å²) in [5.41, 5.74) is 0.214. The van der Waals surface area contributed by atoms with Crippen molar-refractivity contribution in [2.45, 2.75) is 6.42 Å². The van der Waals surface area contributed by atoms with Gasteiger partial charge in [0.1, 0.15) is 0 Å². The topological polar surface area (TPSA) is 64.2 Å². The lowest BCUT2D eigenvalue weighted by Gasteiger charge is -2.34. The summed E-state index contributed by atoms with van der Waals surface area (Å²) in [4.78, 5) is 44.6. The molecule has 140 valence electrons. The van der Waals surface area contributed by atoms with Crippen molar-refractivity contribution in [3.8, 4) is 0 Å². The molecule has 0 saturated carbocycles. The maximum Gasteiger partial charge on any atom is 0.319 e. The van der Waals surface area contributed by atoms with E-state index in [0.29, 0.717) is 44.7 Å². The number of likely N-dealkylation sites (tertiary alicyclic amines) is 1. The molecule has 0 radical (unpaired) electrons. The van der Waals surface area contributed by atoms with Gasteiger partial charge in [-0.25, -0.2) is 4.79 Å². The number of rotatable bonds is 1. The van der Waals surface area contributed by atoms with Gasteiger partial charge in [-0.05, 0) is 12.1 Å². The van der Waals surface area contributed by atoms with Crippen LogP contribution < -0.4 is 0 Å². The highest BCUT2D eigenvalue weighted by Crippen LogP contribution is 2.35. The van der Waals surface area contributed by atoms with E-state index in [1.165, 1.54) is 0 Å². The maximum atomic E-state index is 13.0. The molecule has 2 fully saturated rings. The predicted octanol–water partition coefficient (Wildman–Crippen LogP) is 0.974. The van der Waals surface area contributed by atoms with Crippen LogP contribution in [0.2, 0.25) is 0 Å². The van der Waals surface area contributed by atoms with Gasteiger partial charge in [-0.3, -0.25) is 9.59 Å². The lowest BCUT2D eigenvalue weighted by Crippen LogP contribution is -2.47. The number of amides is 4. The van der Waals surface area contributed by atoms with Crippen molar-refractivity contribution in [1.29, 1.82) is 0 Å². The van der Waals surface area contributed by atoms with Gasteiger partial charge >= 0.3 is 6.03 Å². The second kappa shape index (κ2) is 6.97. The molecule has 1 aromatic rings. The van der Waals surface area contributed by atoms with Crippen molar-refractivity contribution >= 4 is 17.8 Å². The molecule has 0 bridgehead atoms. The van der Waals surface area contributed by atoms with Crippen LogP contribution in [0.5, 0.6) is 0 Å². The summed E-state index contributed by atoms with van der Waals surface area (Å²) < 4.78 is 0. The lowest BCUT2D eigenvalue weighted by molar-refractivity contribution is -0.126. The van der Waals surface area contributed by atoms with Crippen molar-refractivity contribution in [3.05, 3.63) is 35.9 Å². The molecule has 1 atom stereocenters. The van der Waals surface area contributed by atoms with Crippen molar-refractivity contribution in [2.24, 2.45) is 5.41 Å².